The van der Waals surface area contributed by atoms with Gasteiger partial charge in [-0.05, 0) is 115 Å². The van der Waals surface area contributed by atoms with Crippen LogP contribution in [-0.2, 0) is 16.7 Å². The summed E-state index contributed by atoms with van der Waals surface area (Å²) in [6, 6.07) is 38.2. The predicted molar refractivity (Wildman–Crippen MR) is 233 cm³/mol. The lowest BCUT2D eigenvalue weighted by Crippen LogP contribution is -2.46. The molecule has 1 aliphatic heterocycles. The summed E-state index contributed by atoms with van der Waals surface area (Å²) in [6.07, 6.45) is 2.19. The molecule has 1 aliphatic rings. The third kappa shape index (κ3) is 11.0. The lowest BCUT2D eigenvalue weighted by Gasteiger charge is -2.36. The van der Waals surface area contributed by atoms with Crippen LogP contribution >= 0.6 is 23.4 Å². The molecular formula is C43H49ClN6O4S2. The number of anilines is 2. The van der Waals surface area contributed by atoms with Gasteiger partial charge in [0.15, 0.2) is 0 Å². The lowest BCUT2D eigenvalue weighted by molar-refractivity contribution is -0.384. The Morgan fingerprint density at radius 2 is 1.59 bits per heavy atom. The molecule has 1 amide bonds. The van der Waals surface area contributed by atoms with E-state index in [1.54, 1.807) is 36.0 Å². The SMILES string of the molecule is CN(C)CC[C@H](CSc1ccccc1)Nc1ccc([SH](C)(=O)NC(=O)c2ccc(N3CCN(Cc4ccccc4-c4ccc(Cl)cc4)CC3)cc2)cc1[N+](=O)[O-]. The number of hydrogen-bond acceptors (Lipinski definition) is 9. The number of nitro benzene ring substituents is 1. The van der Waals surface area contributed by atoms with Gasteiger partial charge in [0.05, 0.1) is 4.92 Å². The number of benzene rings is 5. The third-order valence-corrected chi connectivity index (χ3v) is 13.2. The Kier molecular flexibility index (Phi) is 13.8. The highest BCUT2D eigenvalue weighted by Crippen LogP contribution is 2.32. The highest BCUT2D eigenvalue weighted by atomic mass is 35.5. The molecule has 0 spiro atoms. The highest BCUT2D eigenvalue weighted by molar-refractivity contribution is 8.01. The van der Waals surface area contributed by atoms with Crippen LogP contribution in [-0.4, -0.2) is 89.7 Å². The molecule has 0 unspecified atom stereocenters. The number of piperazine rings is 1. The van der Waals surface area contributed by atoms with Gasteiger partial charge in [0, 0.05) is 82.9 Å². The van der Waals surface area contributed by atoms with Gasteiger partial charge in [0.25, 0.3) is 11.6 Å². The molecule has 294 valence electrons. The van der Waals surface area contributed by atoms with Crippen molar-refractivity contribution in [2.45, 2.75) is 28.8 Å². The van der Waals surface area contributed by atoms with Gasteiger partial charge >= 0.3 is 0 Å². The second kappa shape index (κ2) is 18.9. The van der Waals surface area contributed by atoms with E-state index in [1.165, 1.54) is 23.4 Å². The Hall–Kier alpha value is -4.72. The van der Waals surface area contributed by atoms with Crippen molar-refractivity contribution in [3.8, 4) is 11.1 Å². The zero-order chi connectivity index (χ0) is 39.7. The van der Waals surface area contributed by atoms with Gasteiger partial charge < -0.3 is 15.1 Å². The van der Waals surface area contributed by atoms with E-state index in [0.29, 0.717) is 17.0 Å². The molecule has 10 nitrogen and oxygen atoms in total. The number of halogens is 1. The Labute approximate surface area is 339 Å². The number of nitro groups is 1. The van der Waals surface area contributed by atoms with Crippen molar-refractivity contribution in [1.29, 1.82) is 0 Å². The molecular weight excluding hydrogens is 764 g/mol. The average molecular weight is 813 g/mol. The van der Waals surface area contributed by atoms with Gasteiger partial charge in [0.1, 0.15) is 5.69 Å². The van der Waals surface area contributed by atoms with E-state index in [9.17, 15) is 19.1 Å². The van der Waals surface area contributed by atoms with Gasteiger partial charge in [-0.2, -0.15) is 0 Å². The minimum atomic E-state index is -3.53. The van der Waals surface area contributed by atoms with Crippen LogP contribution in [0.5, 0.6) is 0 Å². The number of carbonyl (C=O) groups excluding carboxylic acids is 1. The minimum absolute atomic E-state index is 0.0598. The summed E-state index contributed by atoms with van der Waals surface area (Å²) < 4.78 is 16.6. The molecule has 0 radical (unpaired) electrons. The summed E-state index contributed by atoms with van der Waals surface area (Å²) in [7, 11) is 0.459. The summed E-state index contributed by atoms with van der Waals surface area (Å²) in [5.41, 5.74) is 5.15. The minimum Gasteiger partial charge on any atom is -0.376 e. The number of carbonyl (C=O) groups is 1. The van der Waals surface area contributed by atoms with Crippen LogP contribution in [0.2, 0.25) is 5.02 Å². The monoisotopic (exact) mass is 812 g/mol. The quantitative estimate of drug-likeness (QED) is 0.0394. The number of hydrogen-bond donors (Lipinski definition) is 3. The molecule has 1 atom stereocenters. The largest absolute Gasteiger partial charge is 0.376 e. The van der Waals surface area contributed by atoms with Crippen LogP contribution in [0.4, 0.5) is 17.1 Å². The maximum atomic E-state index is 13.9. The molecule has 1 saturated heterocycles. The Morgan fingerprint density at radius 1 is 0.911 bits per heavy atom. The maximum Gasteiger partial charge on any atom is 0.293 e. The molecule has 6 rings (SSSR count). The zero-order valence-corrected chi connectivity index (χ0v) is 34.4. The van der Waals surface area contributed by atoms with Crippen LogP contribution in [0.25, 0.3) is 11.1 Å². The van der Waals surface area contributed by atoms with Crippen molar-refractivity contribution in [3.63, 3.8) is 0 Å². The van der Waals surface area contributed by atoms with E-state index in [1.807, 2.05) is 68.7 Å². The van der Waals surface area contributed by atoms with Crippen LogP contribution < -0.4 is 14.9 Å². The van der Waals surface area contributed by atoms with Gasteiger partial charge in [-0.25, -0.2) is 0 Å². The molecule has 56 heavy (non-hydrogen) atoms. The molecule has 5 aromatic rings. The molecule has 0 bridgehead atoms. The third-order valence-electron chi connectivity index (χ3n) is 9.90. The van der Waals surface area contributed by atoms with Crippen molar-refractivity contribution in [2.24, 2.45) is 0 Å². The van der Waals surface area contributed by atoms with E-state index in [-0.39, 0.29) is 16.6 Å². The van der Waals surface area contributed by atoms with Crippen LogP contribution in [0, 0.1) is 10.1 Å². The first-order chi connectivity index (χ1) is 26.9. The summed E-state index contributed by atoms with van der Waals surface area (Å²) in [6.45, 7) is 5.10. The molecule has 5 aromatic carbocycles. The van der Waals surface area contributed by atoms with E-state index < -0.39 is 20.9 Å². The van der Waals surface area contributed by atoms with Crippen molar-refractivity contribution in [3.05, 3.63) is 148 Å². The second-order valence-electron chi connectivity index (χ2n) is 14.4. The zero-order valence-electron chi connectivity index (χ0n) is 31.9. The number of thioether (sulfide) groups is 1. The van der Waals surface area contributed by atoms with Gasteiger partial charge in [-0.3, -0.25) is 28.7 Å². The Balaban J connectivity index is 1.06. The fraction of sp³-hybridized carbons (Fsp3) is 0.279. The fourth-order valence-electron chi connectivity index (χ4n) is 6.72. The number of nitrogens with zero attached hydrogens (tertiary/aromatic N) is 4. The first kappa shape index (κ1) is 40.9. The number of thiol groups is 1. The first-order valence-electron chi connectivity index (χ1n) is 18.6. The van der Waals surface area contributed by atoms with Crippen LogP contribution in [0.1, 0.15) is 22.3 Å². The van der Waals surface area contributed by atoms with E-state index in [4.69, 9.17) is 11.6 Å². The number of rotatable bonds is 16. The van der Waals surface area contributed by atoms with Gasteiger partial charge in [-0.15, -0.1) is 11.8 Å². The van der Waals surface area contributed by atoms with Crippen molar-refractivity contribution in [1.82, 2.24) is 14.5 Å². The van der Waals surface area contributed by atoms with E-state index in [2.05, 4.69) is 61.1 Å². The van der Waals surface area contributed by atoms with Gasteiger partial charge in [0.2, 0.25) is 0 Å². The number of nitrogens with one attached hydrogen (secondary N) is 2. The Morgan fingerprint density at radius 3 is 2.27 bits per heavy atom. The standard InChI is InChI=1S/C43H49ClN6O4S2/c1-47(2)24-23-36(31-55-38-10-5-4-6-11-38)45-41-22-21-39(29-42(41)50(52)53)56(3,54)46-43(51)33-15-19-37(20-16-33)49-27-25-48(26-28-49)30-34-9-7-8-12-40(34)32-13-17-35(44)18-14-32/h4-22,29,36,45,56H,23-28,30-31H2,1-3H3,(H,46,51,54)/t36-/m1/s1. The predicted octanol–water partition coefficient (Wildman–Crippen LogP) is 8.11. The highest BCUT2D eigenvalue weighted by Gasteiger charge is 2.24. The normalized spacial score (nSPS) is 14.3. The summed E-state index contributed by atoms with van der Waals surface area (Å²) >= 11 is 7.81. The van der Waals surface area contributed by atoms with Crippen LogP contribution in [0.15, 0.2) is 131 Å². The first-order valence-corrected chi connectivity index (χ1v) is 22.2. The average Bonchev–Trinajstić information content (AvgIpc) is 3.20. The maximum absolute atomic E-state index is 13.9. The van der Waals surface area contributed by atoms with Gasteiger partial charge in [-0.1, -0.05) is 66.2 Å². The summed E-state index contributed by atoms with van der Waals surface area (Å²) in [5.74, 6) is 0.202. The molecule has 13 heteroatoms. The van der Waals surface area contributed by atoms with E-state index in [0.717, 1.165) is 66.9 Å². The topological polar surface area (TPSA) is 111 Å². The smallest absolute Gasteiger partial charge is 0.293 e. The summed E-state index contributed by atoms with van der Waals surface area (Å²) in [5, 5.41) is 16.4. The molecule has 0 aromatic heterocycles. The fourth-order valence-corrected chi connectivity index (χ4v) is 9.22. The Bertz CT molecular complexity index is 2150. The lowest BCUT2D eigenvalue weighted by atomic mass is 9.99. The van der Waals surface area contributed by atoms with E-state index >= 15 is 0 Å². The van der Waals surface area contributed by atoms with Crippen molar-refractivity contribution in [2.75, 3.05) is 69.0 Å². The van der Waals surface area contributed by atoms with Crippen molar-refractivity contribution < 1.29 is 13.9 Å². The molecule has 0 aliphatic carbocycles. The number of amides is 1. The molecule has 1 fully saturated rings. The molecule has 1 heterocycles. The molecule has 0 saturated carbocycles. The van der Waals surface area contributed by atoms with Crippen molar-refractivity contribution >= 4 is 56.5 Å². The second-order valence-corrected chi connectivity index (χ2v) is 18.5. The van der Waals surface area contributed by atoms with Crippen LogP contribution in [0.3, 0.4) is 0 Å². The summed E-state index contributed by atoms with van der Waals surface area (Å²) in [4.78, 5) is 33.3. The molecule has 2 N–H and O–H groups in total.